The van der Waals surface area contributed by atoms with Crippen LogP contribution in [0.25, 0.3) is 10.9 Å². The predicted molar refractivity (Wildman–Crippen MR) is 126 cm³/mol. The van der Waals surface area contributed by atoms with Crippen molar-refractivity contribution in [1.82, 2.24) is 13.7 Å². The molecule has 4 rings (SSSR count). The van der Waals surface area contributed by atoms with E-state index in [4.69, 9.17) is 5.14 Å². The Hall–Kier alpha value is -3.40. The van der Waals surface area contributed by atoms with Crippen LogP contribution >= 0.6 is 23.1 Å². The van der Waals surface area contributed by atoms with Gasteiger partial charge < -0.3 is 10.0 Å². The van der Waals surface area contributed by atoms with E-state index in [9.17, 15) is 13.5 Å². The van der Waals surface area contributed by atoms with Crippen LogP contribution in [0.2, 0.25) is 0 Å². The number of primary sulfonamides is 1. The number of aromatic hydroxyl groups is 1. The lowest BCUT2D eigenvalue weighted by atomic mass is 10.2. The largest absolute Gasteiger partial charge is 0.506 e. The van der Waals surface area contributed by atoms with Gasteiger partial charge >= 0.3 is 0 Å². The average Bonchev–Trinajstić information content (AvgIpc) is 3.36. The van der Waals surface area contributed by atoms with Crippen molar-refractivity contribution in [3.05, 3.63) is 36.2 Å². The molecule has 2 aromatic carbocycles. The van der Waals surface area contributed by atoms with Gasteiger partial charge in [-0.25, -0.2) is 18.5 Å². The molecule has 3 N–H and O–H groups in total. The highest BCUT2D eigenvalue weighted by atomic mass is 32.2. The molecule has 0 aliphatic rings. The van der Waals surface area contributed by atoms with Gasteiger partial charge in [0.2, 0.25) is 15.2 Å². The first-order valence-corrected chi connectivity index (χ1v) is 12.3. The van der Waals surface area contributed by atoms with E-state index in [1.54, 1.807) is 32.0 Å². The molecule has 170 valence electrons. The van der Waals surface area contributed by atoms with Gasteiger partial charge in [0.05, 0.1) is 16.1 Å². The van der Waals surface area contributed by atoms with E-state index >= 15 is 0 Å². The summed E-state index contributed by atoms with van der Waals surface area (Å²) in [5.41, 5.74) is 1.74. The summed E-state index contributed by atoms with van der Waals surface area (Å²) < 4.78 is 31.6. The van der Waals surface area contributed by atoms with Crippen LogP contribution in [0, 0.1) is 6.92 Å². The number of azo groups is 2. The van der Waals surface area contributed by atoms with Crippen LogP contribution < -0.4 is 10.0 Å². The summed E-state index contributed by atoms with van der Waals surface area (Å²) in [4.78, 5) is 5.86. The smallest absolute Gasteiger partial charge is 0.249 e. The maximum Gasteiger partial charge on any atom is 0.249 e. The van der Waals surface area contributed by atoms with Crippen LogP contribution in [-0.4, -0.2) is 41.4 Å². The van der Waals surface area contributed by atoms with Crippen molar-refractivity contribution in [1.29, 1.82) is 0 Å². The first-order valence-electron chi connectivity index (χ1n) is 9.22. The molecule has 0 fully saturated rings. The van der Waals surface area contributed by atoms with Crippen LogP contribution in [0.1, 0.15) is 5.82 Å². The van der Waals surface area contributed by atoms with E-state index in [-0.39, 0.29) is 16.3 Å². The Balaban J connectivity index is 1.73. The lowest BCUT2D eigenvalue weighted by Crippen LogP contribution is -2.11. The van der Waals surface area contributed by atoms with Gasteiger partial charge in [-0.3, -0.25) is 0 Å². The Kier molecular flexibility index (Phi) is 6.11. The molecule has 0 radical (unpaired) electrons. The molecule has 0 atom stereocenters. The third-order valence-electron chi connectivity index (χ3n) is 4.32. The topological polar surface area (TPSA) is 172 Å². The molecule has 0 unspecified atom stereocenters. The van der Waals surface area contributed by atoms with Gasteiger partial charge in [0.15, 0.2) is 5.00 Å². The molecule has 0 spiro atoms. The molecule has 0 bridgehead atoms. The number of nitrogens with two attached hydrogens (primary N) is 1. The molecule has 0 aliphatic heterocycles. The Morgan fingerprint density at radius 1 is 1.00 bits per heavy atom. The zero-order valence-electron chi connectivity index (χ0n) is 17.5. The number of aryl methyl sites for hydroxylation is 1. The number of phenols is 1. The molecular weight excluding hydrogens is 486 g/mol. The van der Waals surface area contributed by atoms with Crippen molar-refractivity contribution in [2.75, 3.05) is 19.0 Å². The summed E-state index contributed by atoms with van der Waals surface area (Å²) in [6.07, 6.45) is 0. The molecule has 15 heteroatoms. The normalized spacial score (nSPS) is 12.4. The first kappa shape index (κ1) is 22.8. The zero-order chi connectivity index (χ0) is 23.8. The summed E-state index contributed by atoms with van der Waals surface area (Å²) in [6.45, 7) is 1.76. The van der Waals surface area contributed by atoms with E-state index in [0.717, 1.165) is 23.1 Å². The predicted octanol–water partition coefficient (Wildman–Crippen LogP) is 4.71. The van der Waals surface area contributed by atoms with Gasteiger partial charge in [-0.05, 0) is 42.7 Å². The standard InChI is InChI=1S/C18H17N9O3S3/c1-9-20-18(32-25-9)24-21-13-7-14(16(28)8-15(13)27(2)3)22-23-17-11-6-10(33(19,29)30)4-5-12(11)26-31-17/h4-8,28H,1-3H3,(H2,19,29,30)/b23-22+,24-21+. The third-order valence-corrected chi connectivity index (χ3v) is 6.68. The van der Waals surface area contributed by atoms with Gasteiger partial charge in [-0.1, -0.05) is 0 Å². The Bertz CT molecular complexity index is 1510. The van der Waals surface area contributed by atoms with Crippen LogP contribution in [0.3, 0.4) is 0 Å². The van der Waals surface area contributed by atoms with Crippen LogP contribution in [0.4, 0.5) is 27.2 Å². The molecule has 2 heterocycles. The zero-order valence-corrected chi connectivity index (χ0v) is 20.0. The minimum Gasteiger partial charge on any atom is -0.506 e. The number of hydrogen-bond acceptors (Lipinski definition) is 13. The van der Waals surface area contributed by atoms with E-state index in [0.29, 0.717) is 38.2 Å². The average molecular weight is 504 g/mol. The minimum atomic E-state index is -3.88. The van der Waals surface area contributed by atoms with Crippen LogP contribution in [-0.2, 0) is 10.0 Å². The van der Waals surface area contributed by atoms with E-state index in [1.165, 1.54) is 24.3 Å². The maximum atomic E-state index is 11.7. The second kappa shape index (κ2) is 8.86. The highest BCUT2D eigenvalue weighted by molar-refractivity contribution is 7.89. The number of fused-ring (bicyclic) bond motifs is 1. The fourth-order valence-electron chi connectivity index (χ4n) is 2.75. The van der Waals surface area contributed by atoms with Crippen molar-refractivity contribution < 1.29 is 13.5 Å². The second-order valence-electron chi connectivity index (χ2n) is 6.96. The molecule has 4 aromatic rings. The van der Waals surface area contributed by atoms with Crippen molar-refractivity contribution in [3.63, 3.8) is 0 Å². The molecule has 0 saturated carbocycles. The van der Waals surface area contributed by atoms with Gasteiger partial charge in [-0.2, -0.15) is 8.75 Å². The summed E-state index contributed by atoms with van der Waals surface area (Å²) in [6, 6.07) is 7.34. The van der Waals surface area contributed by atoms with E-state index < -0.39 is 10.0 Å². The lowest BCUT2D eigenvalue weighted by molar-refractivity contribution is 0.476. The number of anilines is 1. The van der Waals surface area contributed by atoms with Crippen molar-refractivity contribution in [2.24, 2.45) is 25.6 Å². The van der Waals surface area contributed by atoms with Crippen molar-refractivity contribution in [2.45, 2.75) is 11.8 Å². The molecular formula is C18H17N9O3S3. The number of benzene rings is 2. The van der Waals surface area contributed by atoms with Crippen LogP contribution in [0.5, 0.6) is 5.75 Å². The Labute approximate surface area is 196 Å². The van der Waals surface area contributed by atoms with Crippen molar-refractivity contribution >= 4 is 71.2 Å². The fraction of sp³-hybridized carbons (Fsp3) is 0.167. The van der Waals surface area contributed by atoms with Gasteiger partial charge in [0.25, 0.3) is 0 Å². The third kappa shape index (κ3) is 5.00. The molecule has 33 heavy (non-hydrogen) atoms. The number of sulfonamides is 1. The van der Waals surface area contributed by atoms with Crippen LogP contribution in [0.15, 0.2) is 55.7 Å². The first-order chi connectivity index (χ1) is 15.6. The molecule has 2 aromatic heterocycles. The van der Waals surface area contributed by atoms with Gasteiger partial charge in [0, 0.05) is 37.1 Å². The Morgan fingerprint density at radius 2 is 1.76 bits per heavy atom. The highest BCUT2D eigenvalue weighted by Gasteiger charge is 2.14. The second-order valence-corrected chi connectivity index (χ2v) is 10.0. The van der Waals surface area contributed by atoms with Gasteiger partial charge in [-0.15, -0.1) is 20.5 Å². The summed E-state index contributed by atoms with van der Waals surface area (Å²) in [5, 5.41) is 33.6. The highest BCUT2D eigenvalue weighted by Crippen LogP contribution is 2.41. The maximum absolute atomic E-state index is 11.7. The van der Waals surface area contributed by atoms with E-state index in [1.807, 2.05) is 0 Å². The van der Waals surface area contributed by atoms with Crippen molar-refractivity contribution in [3.8, 4) is 5.75 Å². The molecule has 0 saturated heterocycles. The fourth-order valence-corrected chi connectivity index (χ4v) is 4.48. The summed E-state index contributed by atoms with van der Waals surface area (Å²) in [5.74, 6) is 0.483. The lowest BCUT2D eigenvalue weighted by Gasteiger charge is -2.15. The van der Waals surface area contributed by atoms with E-state index in [2.05, 4.69) is 34.2 Å². The minimum absolute atomic E-state index is 0.0561. The SMILES string of the molecule is Cc1nsc(/N=N/c2cc(/N=N/c3snc4ccc(S(N)(=O)=O)cc34)c(O)cc2N(C)C)n1. The molecule has 0 amide bonds. The number of phenolic OH excluding ortho intramolecular Hbond substituents is 1. The van der Waals surface area contributed by atoms with Gasteiger partial charge in [0.1, 0.15) is 22.9 Å². The monoisotopic (exact) mass is 503 g/mol. The number of nitrogens with zero attached hydrogens (tertiary/aromatic N) is 8. The quantitative estimate of drug-likeness (QED) is 0.359. The number of hydrogen-bond donors (Lipinski definition) is 2. The number of aromatic nitrogens is 3. The molecule has 0 aliphatic carbocycles. The summed E-state index contributed by atoms with van der Waals surface area (Å²) in [7, 11) is -0.276. The molecule has 12 nitrogen and oxygen atoms in total. The Morgan fingerprint density at radius 3 is 2.42 bits per heavy atom. The number of rotatable bonds is 6. The summed E-state index contributed by atoms with van der Waals surface area (Å²) >= 11 is 2.16.